The molecule has 1 heterocycles. The van der Waals surface area contributed by atoms with E-state index in [0.29, 0.717) is 0 Å². The number of hydrogen-bond acceptors (Lipinski definition) is 6. The summed E-state index contributed by atoms with van der Waals surface area (Å²) in [5.74, 6) is 3.98. The molecule has 0 unspecified atom stereocenters. The molecule has 0 aliphatic carbocycles. The molecule has 24 heavy (non-hydrogen) atoms. The van der Waals surface area contributed by atoms with Gasteiger partial charge in [-0.05, 0) is 0 Å². The van der Waals surface area contributed by atoms with Crippen molar-refractivity contribution in [3.8, 4) is 5.75 Å². The van der Waals surface area contributed by atoms with E-state index in [-0.39, 0.29) is 47.6 Å². The fourth-order valence-electron chi connectivity index (χ4n) is 2.25. The molecule has 2 rings (SSSR count). The van der Waals surface area contributed by atoms with Gasteiger partial charge in [0, 0.05) is 12.6 Å². The molecular weight excluding hydrogens is 358 g/mol. The minimum Gasteiger partial charge on any atom is -0.489 e. The molecule has 12 heteroatoms. The largest absolute Gasteiger partial charge is 0.522 e. The number of anilines is 1. The number of benzene rings is 1. The van der Waals surface area contributed by atoms with Crippen molar-refractivity contribution in [2.24, 2.45) is 16.7 Å². The molecular formula is C12H14ClF4N5O2. The normalized spacial score (nSPS) is 15.1. The molecule has 1 aromatic carbocycles. The Morgan fingerprint density at radius 3 is 2.83 bits per heavy atom. The summed E-state index contributed by atoms with van der Waals surface area (Å²) in [7, 11) is 0. The first-order valence-electron chi connectivity index (χ1n) is 6.64. The number of nitrogens with two attached hydrogens (primary N) is 2. The fourth-order valence-corrected chi connectivity index (χ4v) is 2.44. The summed E-state index contributed by atoms with van der Waals surface area (Å²) in [6, 6.07) is 1.22. The van der Waals surface area contributed by atoms with Crippen molar-refractivity contribution < 1.29 is 27.0 Å². The van der Waals surface area contributed by atoms with Crippen LogP contribution < -0.4 is 26.7 Å². The Labute approximate surface area is 139 Å². The van der Waals surface area contributed by atoms with Crippen LogP contribution in [0.1, 0.15) is 5.56 Å². The van der Waals surface area contributed by atoms with Gasteiger partial charge in [-0.3, -0.25) is 4.74 Å². The Bertz CT molecular complexity index is 641. The molecule has 5 N–H and O–H groups in total. The number of alkyl halides is 3. The summed E-state index contributed by atoms with van der Waals surface area (Å²) in [4.78, 5) is 1.44. The van der Waals surface area contributed by atoms with Crippen LogP contribution in [-0.4, -0.2) is 38.5 Å². The monoisotopic (exact) mass is 371 g/mol. The Morgan fingerprint density at radius 2 is 2.21 bits per heavy atom. The molecule has 0 bridgehead atoms. The maximum atomic E-state index is 14.4. The van der Waals surface area contributed by atoms with E-state index >= 15 is 0 Å². The van der Waals surface area contributed by atoms with E-state index in [9.17, 15) is 17.6 Å². The summed E-state index contributed by atoms with van der Waals surface area (Å²) in [6.45, 7) is -0.454. The topological polar surface area (TPSA) is 98.1 Å². The van der Waals surface area contributed by atoms with Gasteiger partial charge in [0.15, 0.2) is 11.7 Å². The highest BCUT2D eigenvalue weighted by atomic mass is 35.5. The number of hydrogen-bond donors (Lipinski definition) is 3. The van der Waals surface area contributed by atoms with Gasteiger partial charge in [-0.2, -0.15) is 0 Å². The van der Waals surface area contributed by atoms with E-state index < -0.39 is 18.8 Å². The zero-order chi connectivity index (χ0) is 17.9. The number of rotatable bonds is 5. The summed E-state index contributed by atoms with van der Waals surface area (Å²) in [5, 5.41) is 3.22. The summed E-state index contributed by atoms with van der Waals surface area (Å²) in [6.07, 6.45) is -4.76. The highest BCUT2D eigenvalue weighted by molar-refractivity contribution is 6.31. The first-order valence-corrected chi connectivity index (χ1v) is 7.02. The molecule has 0 saturated carbocycles. The lowest BCUT2D eigenvalue weighted by molar-refractivity contribution is -0.323. The third kappa shape index (κ3) is 4.10. The second kappa shape index (κ2) is 7.28. The fraction of sp³-hybridized carbons (Fsp3) is 0.417. The van der Waals surface area contributed by atoms with Crippen LogP contribution >= 0.6 is 11.6 Å². The van der Waals surface area contributed by atoms with Crippen molar-refractivity contribution in [1.82, 2.24) is 5.53 Å². The van der Waals surface area contributed by atoms with Crippen LogP contribution in [0.3, 0.4) is 0 Å². The maximum Gasteiger partial charge on any atom is 0.522 e. The van der Waals surface area contributed by atoms with Gasteiger partial charge in [0.25, 0.3) is 0 Å². The number of halogens is 5. The summed E-state index contributed by atoms with van der Waals surface area (Å²) >= 11 is 5.80. The molecule has 0 amide bonds. The first-order chi connectivity index (χ1) is 11.2. The zero-order valence-corrected chi connectivity index (χ0v) is 12.9. The van der Waals surface area contributed by atoms with Gasteiger partial charge in [-0.25, -0.2) is 15.8 Å². The number of ether oxygens (including phenoxy) is 2. The van der Waals surface area contributed by atoms with Crippen molar-refractivity contribution in [3.63, 3.8) is 0 Å². The number of amidine groups is 1. The lowest BCUT2D eigenvalue weighted by Crippen LogP contribution is -2.38. The summed E-state index contributed by atoms with van der Waals surface area (Å²) < 4.78 is 59.9. The van der Waals surface area contributed by atoms with Gasteiger partial charge < -0.3 is 15.4 Å². The van der Waals surface area contributed by atoms with Crippen molar-refractivity contribution in [2.45, 2.75) is 6.36 Å². The van der Waals surface area contributed by atoms with Gasteiger partial charge in [0.2, 0.25) is 0 Å². The molecule has 1 aliphatic rings. The Morgan fingerprint density at radius 1 is 1.50 bits per heavy atom. The average molecular weight is 372 g/mol. The van der Waals surface area contributed by atoms with Crippen molar-refractivity contribution in [2.75, 3.05) is 31.2 Å². The van der Waals surface area contributed by atoms with Gasteiger partial charge in [0.05, 0.1) is 29.4 Å². The van der Waals surface area contributed by atoms with E-state index in [1.165, 1.54) is 11.0 Å². The second-order valence-electron chi connectivity index (χ2n) is 4.65. The number of nitrogens with zero attached hydrogens (tertiary/aromatic N) is 2. The van der Waals surface area contributed by atoms with Gasteiger partial charge in [-0.1, -0.05) is 11.6 Å². The van der Waals surface area contributed by atoms with Gasteiger partial charge in [0.1, 0.15) is 12.4 Å². The number of fused-ring (bicyclic) bond motifs is 1. The molecule has 0 radical (unpaired) electrons. The van der Waals surface area contributed by atoms with Crippen molar-refractivity contribution in [3.05, 3.63) is 22.5 Å². The third-order valence-corrected chi connectivity index (χ3v) is 3.44. The third-order valence-electron chi connectivity index (χ3n) is 3.16. The van der Waals surface area contributed by atoms with Crippen molar-refractivity contribution >= 4 is 23.1 Å². The minimum absolute atomic E-state index is 0.130. The van der Waals surface area contributed by atoms with Crippen LogP contribution in [0, 0.1) is 5.82 Å². The van der Waals surface area contributed by atoms with E-state index in [1.807, 2.05) is 5.53 Å². The smallest absolute Gasteiger partial charge is 0.489 e. The molecule has 7 nitrogen and oxygen atoms in total. The van der Waals surface area contributed by atoms with Crippen LogP contribution in [0.15, 0.2) is 11.2 Å². The molecule has 0 atom stereocenters. The predicted molar refractivity (Wildman–Crippen MR) is 79.2 cm³/mol. The molecule has 0 saturated heterocycles. The molecule has 1 aromatic rings. The van der Waals surface area contributed by atoms with E-state index in [1.54, 1.807) is 0 Å². The SMILES string of the molecule is NN/N=C(\N)c1c(F)c(Cl)cc2c1N(CCOC(F)(F)F)CCO2. The van der Waals surface area contributed by atoms with Crippen LogP contribution in [-0.2, 0) is 4.74 Å². The molecule has 1 aliphatic heterocycles. The summed E-state index contributed by atoms with van der Waals surface area (Å²) in [5.41, 5.74) is 7.50. The first kappa shape index (κ1) is 18.4. The molecule has 0 aromatic heterocycles. The standard InChI is InChI=1S/C12H14ClF4N5O2/c13-6-5-7-10(8(9(6)14)11(18)20-21-19)22(1-3-23-7)2-4-24-12(15,16)17/h5,21H,1-4,19H2,(H2,18,20). The zero-order valence-electron chi connectivity index (χ0n) is 12.2. The van der Waals surface area contributed by atoms with E-state index in [4.69, 9.17) is 27.9 Å². The van der Waals surface area contributed by atoms with Gasteiger partial charge in [-0.15, -0.1) is 18.3 Å². The van der Waals surface area contributed by atoms with E-state index in [0.717, 1.165) is 0 Å². The Kier molecular flexibility index (Phi) is 5.57. The van der Waals surface area contributed by atoms with E-state index in [2.05, 4.69) is 9.84 Å². The number of hydrazine groups is 1. The molecule has 134 valence electrons. The minimum atomic E-state index is -4.76. The molecule has 0 fully saturated rings. The van der Waals surface area contributed by atoms with Gasteiger partial charge >= 0.3 is 6.36 Å². The number of nitrogens with one attached hydrogen (secondary N) is 1. The van der Waals surface area contributed by atoms with Crippen LogP contribution in [0.2, 0.25) is 5.02 Å². The van der Waals surface area contributed by atoms with Crippen LogP contribution in [0.25, 0.3) is 0 Å². The Balaban J connectivity index is 2.39. The lowest BCUT2D eigenvalue weighted by Gasteiger charge is -2.33. The Hall–Kier alpha value is -1.98. The van der Waals surface area contributed by atoms with Crippen LogP contribution in [0.4, 0.5) is 23.2 Å². The lowest BCUT2D eigenvalue weighted by atomic mass is 10.1. The highest BCUT2D eigenvalue weighted by Crippen LogP contribution is 2.40. The molecule has 0 spiro atoms. The van der Waals surface area contributed by atoms with Crippen molar-refractivity contribution in [1.29, 1.82) is 0 Å². The number of hydrazone groups is 1. The maximum absolute atomic E-state index is 14.4. The quantitative estimate of drug-likeness (QED) is 0.237. The second-order valence-corrected chi connectivity index (χ2v) is 5.06. The predicted octanol–water partition coefficient (Wildman–Crippen LogP) is 1.30. The van der Waals surface area contributed by atoms with Crippen LogP contribution in [0.5, 0.6) is 5.75 Å². The highest BCUT2D eigenvalue weighted by Gasteiger charge is 2.31. The average Bonchev–Trinajstić information content (AvgIpc) is 2.48.